The third-order valence-corrected chi connectivity index (χ3v) is 3.11. The summed E-state index contributed by atoms with van der Waals surface area (Å²) < 4.78 is 0. The number of benzene rings is 2. The van der Waals surface area contributed by atoms with Crippen molar-refractivity contribution in [1.82, 2.24) is 0 Å². The molecule has 2 aromatic carbocycles. The summed E-state index contributed by atoms with van der Waals surface area (Å²) in [5.74, 6) is 2.77. The molecule has 2 aromatic rings. The Balaban J connectivity index is 2.69. The summed E-state index contributed by atoms with van der Waals surface area (Å²) in [7, 11) is 0. The first kappa shape index (κ1) is 12.5. The zero-order chi connectivity index (χ0) is 13.2. The summed E-state index contributed by atoms with van der Waals surface area (Å²) in [4.78, 5) is 0. The fourth-order valence-electron chi connectivity index (χ4n) is 2.22. The van der Waals surface area contributed by atoms with E-state index in [9.17, 15) is 0 Å². The molecule has 0 bridgehead atoms. The number of hydrogen-bond acceptors (Lipinski definition) is 0. The van der Waals surface area contributed by atoms with Crippen molar-refractivity contribution in [2.45, 2.75) is 26.2 Å². The molecule has 2 rings (SSSR count). The Morgan fingerprint density at radius 2 is 1.39 bits per heavy atom. The third-order valence-electron chi connectivity index (χ3n) is 3.11. The van der Waals surface area contributed by atoms with Crippen molar-refractivity contribution in [3.8, 4) is 23.5 Å². The first-order valence-electron chi connectivity index (χ1n) is 6.19. The minimum atomic E-state index is 0.109. The van der Waals surface area contributed by atoms with Gasteiger partial charge in [-0.3, -0.25) is 0 Å². The standard InChI is InChI=1S/C18H18/c1-5-14-10-6-7-11-15(14)16-12-8-9-13-17(16)18(2,3)4/h1,6-13H,2-4H3. The van der Waals surface area contributed by atoms with Gasteiger partial charge < -0.3 is 0 Å². The van der Waals surface area contributed by atoms with Gasteiger partial charge in [-0.25, -0.2) is 0 Å². The zero-order valence-corrected chi connectivity index (χ0v) is 11.2. The predicted octanol–water partition coefficient (Wildman–Crippen LogP) is 4.63. The van der Waals surface area contributed by atoms with E-state index in [1.807, 2.05) is 18.2 Å². The van der Waals surface area contributed by atoms with Crippen molar-refractivity contribution < 1.29 is 0 Å². The molecular weight excluding hydrogens is 216 g/mol. The SMILES string of the molecule is C#Cc1ccccc1-c1ccccc1C(C)(C)C. The summed E-state index contributed by atoms with van der Waals surface area (Å²) in [6.45, 7) is 6.68. The predicted molar refractivity (Wildman–Crippen MR) is 78.5 cm³/mol. The fourth-order valence-corrected chi connectivity index (χ4v) is 2.22. The highest BCUT2D eigenvalue weighted by molar-refractivity contribution is 5.74. The van der Waals surface area contributed by atoms with Crippen LogP contribution in [0, 0.1) is 12.3 Å². The van der Waals surface area contributed by atoms with E-state index in [-0.39, 0.29) is 5.41 Å². The van der Waals surface area contributed by atoms with E-state index in [2.05, 4.69) is 57.0 Å². The normalized spacial score (nSPS) is 11.0. The number of rotatable bonds is 1. The molecule has 0 nitrogen and oxygen atoms in total. The van der Waals surface area contributed by atoms with Crippen molar-refractivity contribution in [3.63, 3.8) is 0 Å². The van der Waals surface area contributed by atoms with E-state index in [0.717, 1.165) is 11.1 Å². The molecule has 0 fully saturated rings. The van der Waals surface area contributed by atoms with Crippen LogP contribution in [0.25, 0.3) is 11.1 Å². The fraction of sp³-hybridized carbons (Fsp3) is 0.222. The Hall–Kier alpha value is -2.00. The van der Waals surface area contributed by atoms with Crippen molar-refractivity contribution in [3.05, 3.63) is 59.7 Å². The van der Waals surface area contributed by atoms with Crippen LogP contribution < -0.4 is 0 Å². The molecule has 0 aromatic heterocycles. The van der Waals surface area contributed by atoms with Crippen molar-refractivity contribution in [2.75, 3.05) is 0 Å². The molecule has 90 valence electrons. The number of terminal acetylenes is 1. The molecule has 0 N–H and O–H groups in total. The lowest BCUT2D eigenvalue weighted by molar-refractivity contribution is 0.592. The van der Waals surface area contributed by atoms with Crippen LogP contribution in [-0.4, -0.2) is 0 Å². The first-order valence-corrected chi connectivity index (χ1v) is 6.19. The molecule has 0 atom stereocenters. The van der Waals surface area contributed by atoms with Gasteiger partial charge in [-0.05, 0) is 28.2 Å². The van der Waals surface area contributed by atoms with Crippen LogP contribution in [0.4, 0.5) is 0 Å². The molecule has 0 aliphatic carbocycles. The maximum atomic E-state index is 5.60. The van der Waals surface area contributed by atoms with E-state index in [4.69, 9.17) is 6.42 Å². The van der Waals surface area contributed by atoms with Crippen LogP contribution in [0.2, 0.25) is 0 Å². The Kier molecular flexibility index (Phi) is 3.26. The lowest BCUT2D eigenvalue weighted by atomic mass is 9.81. The van der Waals surface area contributed by atoms with Crippen molar-refractivity contribution in [1.29, 1.82) is 0 Å². The van der Waals surface area contributed by atoms with Gasteiger partial charge in [0.05, 0.1) is 0 Å². The third kappa shape index (κ3) is 2.31. The first-order chi connectivity index (χ1) is 8.54. The molecule has 0 spiro atoms. The molecule has 18 heavy (non-hydrogen) atoms. The maximum absolute atomic E-state index is 5.60. The largest absolute Gasteiger partial charge is 0.115 e. The second-order valence-electron chi connectivity index (χ2n) is 5.49. The van der Waals surface area contributed by atoms with E-state index in [0.29, 0.717) is 0 Å². The molecule has 0 heterocycles. The molecule has 0 amide bonds. The lowest BCUT2D eigenvalue weighted by Gasteiger charge is -2.23. The lowest BCUT2D eigenvalue weighted by Crippen LogP contribution is -2.12. The van der Waals surface area contributed by atoms with E-state index < -0.39 is 0 Å². The van der Waals surface area contributed by atoms with Gasteiger partial charge in [-0.15, -0.1) is 6.42 Å². The summed E-state index contributed by atoms with van der Waals surface area (Å²) in [5.41, 5.74) is 4.77. The van der Waals surface area contributed by atoms with Crippen molar-refractivity contribution in [2.24, 2.45) is 0 Å². The highest BCUT2D eigenvalue weighted by atomic mass is 14.2. The van der Waals surface area contributed by atoms with Crippen LogP contribution in [0.15, 0.2) is 48.5 Å². The Bertz CT molecular complexity index is 592. The van der Waals surface area contributed by atoms with E-state index >= 15 is 0 Å². The monoisotopic (exact) mass is 234 g/mol. The average Bonchev–Trinajstić information content (AvgIpc) is 2.37. The topological polar surface area (TPSA) is 0 Å². The van der Waals surface area contributed by atoms with Crippen LogP contribution in [-0.2, 0) is 5.41 Å². The summed E-state index contributed by atoms with van der Waals surface area (Å²) in [5, 5.41) is 0. The maximum Gasteiger partial charge on any atom is 0.0321 e. The minimum absolute atomic E-state index is 0.109. The van der Waals surface area contributed by atoms with Gasteiger partial charge >= 0.3 is 0 Å². The zero-order valence-electron chi connectivity index (χ0n) is 11.2. The van der Waals surface area contributed by atoms with Crippen LogP contribution in [0.3, 0.4) is 0 Å². The Morgan fingerprint density at radius 3 is 2.00 bits per heavy atom. The van der Waals surface area contributed by atoms with E-state index in [1.165, 1.54) is 11.1 Å². The van der Waals surface area contributed by atoms with Crippen molar-refractivity contribution >= 4 is 0 Å². The summed E-state index contributed by atoms with van der Waals surface area (Å²) in [6.07, 6.45) is 5.60. The molecule has 0 unspecified atom stereocenters. The second kappa shape index (κ2) is 4.70. The molecule has 0 aliphatic heterocycles. The smallest absolute Gasteiger partial charge is 0.0321 e. The van der Waals surface area contributed by atoms with Gasteiger partial charge in [0.25, 0.3) is 0 Å². The van der Waals surface area contributed by atoms with Gasteiger partial charge in [0.2, 0.25) is 0 Å². The second-order valence-corrected chi connectivity index (χ2v) is 5.49. The molecule has 0 saturated carbocycles. The van der Waals surface area contributed by atoms with Gasteiger partial charge in [-0.2, -0.15) is 0 Å². The highest BCUT2D eigenvalue weighted by Gasteiger charge is 2.18. The van der Waals surface area contributed by atoms with E-state index in [1.54, 1.807) is 0 Å². The van der Waals surface area contributed by atoms with Gasteiger partial charge in [0, 0.05) is 5.56 Å². The van der Waals surface area contributed by atoms with Crippen LogP contribution in [0.5, 0.6) is 0 Å². The highest BCUT2D eigenvalue weighted by Crippen LogP contribution is 2.34. The van der Waals surface area contributed by atoms with Gasteiger partial charge in [-0.1, -0.05) is 69.2 Å². The number of hydrogen-bond donors (Lipinski definition) is 0. The molecule has 0 radical (unpaired) electrons. The Morgan fingerprint density at radius 1 is 0.833 bits per heavy atom. The quantitative estimate of drug-likeness (QED) is 0.631. The summed E-state index contributed by atoms with van der Waals surface area (Å²) >= 11 is 0. The average molecular weight is 234 g/mol. The molecule has 0 heteroatoms. The minimum Gasteiger partial charge on any atom is -0.115 e. The van der Waals surface area contributed by atoms with Crippen LogP contribution in [0.1, 0.15) is 31.9 Å². The summed E-state index contributed by atoms with van der Waals surface area (Å²) in [6, 6.07) is 16.6. The molecule has 0 saturated heterocycles. The van der Waals surface area contributed by atoms with Gasteiger partial charge in [0.1, 0.15) is 0 Å². The Labute approximate surface area is 110 Å². The van der Waals surface area contributed by atoms with Gasteiger partial charge in [0.15, 0.2) is 0 Å². The molecule has 0 aliphatic rings. The molecular formula is C18H18. The van der Waals surface area contributed by atoms with Crippen LogP contribution >= 0.6 is 0 Å².